The van der Waals surface area contributed by atoms with Crippen LogP contribution in [0.4, 0.5) is 13.2 Å². The van der Waals surface area contributed by atoms with Crippen molar-refractivity contribution >= 4 is 0 Å². The van der Waals surface area contributed by atoms with Crippen LogP contribution in [-0.2, 0) is 4.74 Å². The largest absolute Gasteiger partial charge is 0.391 e. The fourth-order valence-corrected chi connectivity index (χ4v) is 0.874. The molecular weight excluding hydrogens is 195 g/mol. The third-order valence-electron chi connectivity index (χ3n) is 2.22. The second kappa shape index (κ2) is 6.24. The third-order valence-corrected chi connectivity index (χ3v) is 2.22. The van der Waals surface area contributed by atoms with Gasteiger partial charge in [-0.3, -0.25) is 0 Å². The van der Waals surface area contributed by atoms with E-state index in [0.29, 0.717) is 0 Å². The molecule has 0 amide bonds. The van der Waals surface area contributed by atoms with Gasteiger partial charge in [0, 0.05) is 6.04 Å². The lowest BCUT2D eigenvalue weighted by molar-refractivity contribution is -0.145. The number of nitrogens with two attached hydrogens (primary N) is 1. The minimum absolute atomic E-state index is 0.173. The van der Waals surface area contributed by atoms with Gasteiger partial charge in [-0.25, -0.2) is 0 Å². The SMILES string of the molecule is CCC(C)C(N)COCCC(F)(F)F. The summed E-state index contributed by atoms with van der Waals surface area (Å²) < 4.78 is 39.9. The van der Waals surface area contributed by atoms with Crippen LogP contribution in [0, 0.1) is 5.92 Å². The summed E-state index contributed by atoms with van der Waals surface area (Å²) in [6, 6.07) is -0.173. The summed E-state index contributed by atoms with van der Waals surface area (Å²) in [7, 11) is 0. The normalized spacial score (nSPS) is 16.7. The smallest absolute Gasteiger partial charge is 0.379 e. The molecule has 2 nitrogen and oxygen atoms in total. The van der Waals surface area contributed by atoms with Gasteiger partial charge in [0.1, 0.15) is 0 Å². The van der Waals surface area contributed by atoms with E-state index in [-0.39, 0.29) is 25.2 Å². The predicted molar refractivity (Wildman–Crippen MR) is 48.9 cm³/mol. The van der Waals surface area contributed by atoms with Gasteiger partial charge in [0.2, 0.25) is 0 Å². The fourth-order valence-electron chi connectivity index (χ4n) is 0.874. The molecule has 0 aromatic heterocycles. The highest BCUT2D eigenvalue weighted by atomic mass is 19.4. The molecule has 2 N–H and O–H groups in total. The second-order valence-electron chi connectivity index (χ2n) is 3.49. The Bertz CT molecular complexity index is 149. The zero-order chi connectivity index (χ0) is 11.2. The summed E-state index contributed by atoms with van der Waals surface area (Å²) in [5.74, 6) is 0.279. The zero-order valence-corrected chi connectivity index (χ0v) is 8.60. The van der Waals surface area contributed by atoms with Crippen molar-refractivity contribution in [2.75, 3.05) is 13.2 Å². The maximum Gasteiger partial charge on any atom is 0.391 e. The van der Waals surface area contributed by atoms with Crippen molar-refractivity contribution in [1.82, 2.24) is 0 Å². The van der Waals surface area contributed by atoms with Gasteiger partial charge >= 0.3 is 6.18 Å². The number of hydrogen-bond donors (Lipinski definition) is 1. The summed E-state index contributed by atoms with van der Waals surface area (Å²) in [4.78, 5) is 0. The van der Waals surface area contributed by atoms with Crippen molar-refractivity contribution < 1.29 is 17.9 Å². The average Bonchev–Trinajstić information content (AvgIpc) is 2.09. The van der Waals surface area contributed by atoms with Gasteiger partial charge in [-0.05, 0) is 5.92 Å². The molecule has 0 aliphatic rings. The molecule has 0 aliphatic carbocycles. The Balaban J connectivity index is 3.45. The van der Waals surface area contributed by atoms with E-state index in [1.54, 1.807) is 0 Å². The first-order valence-electron chi connectivity index (χ1n) is 4.77. The second-order valence-corrected chi connectivity index (χ2v) is 3.49. The third kappa shape index (κ3) is 7.15. The first-order valence-corrected chi connectivity index (χ1v) is 4.77. The number of alkyl halides is 3. The Hall–Kier alpha value is -0.290. The average molecular weight is 213 g/mol. The highest BCUT2D eigenvalue weighted by Gasteiger charge is 2.26. The van der Waals surface area contributed by atoms with Gasteiger partial charge < -0.3 is 10.5 Å². The monoisotopic (exact) mass is 213 g/mol. The Morgan fingerprint density at radius 3 is 2.36 bits per heavy atom. The summed E-state index contributed by atoms with van der Waals surface area (Å²) >= 11 is 0. The van der Waals surface area contributed by atoms with Crippen molar-refractivity contribution in [1.29, 1.82) is 0 Å². The predicted octanol–water partition coefficient (Wildman–Crippen LogP) is 2.33. The lowest BCUT2D eigenvalue weighted by Gasteiger charge is -2.18. The van der Waals surface area contributed by atoms with Gasteiger partial charge in [0.25, 0.3) is 0 Å². The summed E-state index contributed by atoms with van der Waals surface area (Å²) in [5.41, 5.74) is 5.67. The van der Waals surface area contributed by atoms with E-state index in [9.17, 15) is 13.2 Å². The Morgan fingerprint density at radius 1 is 1.36 bits per heavy atom. The lowest BCUT2D eigenvalue weighted by atomic mass is 10.0. The van der Waals surface area contributed by atoms with Crippen LogP contribution in [0.2, 0.25) is 0 Å². The number of hydrogen-bond acceptors (Lipinski definition) is 2. The van der Waals surface area contributed by atoms with Gasteiger partial charge in [-0.15, -0.1) is 0 Å². The van der Waals surface area contributed by atoms with Crippen LogP contribution in [-0.4, -0.2) is 25.4 Å². The van der Waals surface area contributed by atoms with E-state index in [1.807, 2.05) is 13.8 Å². The number of rotatable bonds is 6. The Morgan fingerprint density at radius 2 is 1.93 bits per heavy atom. The molecule has 2 atom stereocenters. The number of ether oxygens (including phenoxy) is 1. The molecule has 0 saturated heterocycles. The van der Waals surface area contributed by atoms with Crippen LogP contribution in [0.15, 0.2) is 0 Å². The van der Waals surface area contributed by atoms with Crippen molar-refractivity contribution in [2.24, 2.45) is 11.7 Å². The molecule has 5 heteroatoms. The number of halogens is 3. The highest BCUT2D eigenvalue weighted by Crippen LogP contribution is 2.19. The minimum atomic E-state index is -4.14. The topological polar surface area (TPSA) is 35.2 Å². The van der Waals surface area contributed by atoms with E-state index >= 15 is 0 Å². The molecule has 0 bridgehead atoms. The van der Waals surface area contributed by atoms with Crippen molar-refractivity contribution in [3.05, 3.63) is 0 Å². The molecule has 0 radical (unpaired) electrons. The summed E-state index contributed by atoms with van der Waals surface area (Å²) in [6.45, 7) is 3.84. The van der Waals surface area contributed by atoms with Crippen LogP contribution < -0.4 is 5.73 Å². The Labute approximate surface area is 82.6 Å². The molecule has 0 heterocycles. The molecule has 0 fully saturated rings. The van der Waals surface area contributed by atoms with Crippen LogP contribution in [0.3, 0.4) is 0 Å². The molecule has 0 saturated carbocycles. The molecule has 0 spiro atoms. The lowest BCUT2D eigenvalue weighted by Crippen LogP contribution is -2.33. The molecular formula is C9H18F3NO. The van der Waals surface area contributed by atoms with E-state index in [4.69, 9.17) is 10.5 Å². The van der Waals surface area contributed by atoms with Gasteiger partial charge in [-0.2, -0.15) is 13.2 Å². The molecule has 0 rings (SSSR count). The van der Waals surface area contributed by atoms with Crippen LogP contribution in [0.1, 0.15) is 26.7 Å². The van der Waals surface area contributed by atoms with Gasteiger partial charge in [0.05, 0.1) is 19.6 Å². The minimum Gasteiger partial charge on any atom is -0.379 e. The zero-order valence-electron chi connectivity index (χ0n) is 8.60. The van der Waals surface area contributed by atoms with Gasteiger partial charge in [0.15, 0.2) is 0 Å². The van der Waals surface area contributed by atoms with Crippen molar-refractivity contribution in [3.63, 3.8) is 0 Å². The maximum absolute atomic E-state index is 11.7. The molecule has 0 aliphatic heterocycles. The van der Waals surface area contributed by atoms with Crippen LogP contribution >= 0.6 is 0 Å². The van der Waals surface area contributed by atoms with Gasteiger partial charge in [-0.1, -0.05) is 20.3 Å². The quantitative estimate of drug-likeness (QED) is 0.687. The first kappa shape index (κ1) is 13.7. The highest BCUT2D eigenvalue weighted by molar-refractivity contribution is 4.66. The molecule has 0 aromatic carbocycles. The molecule has 14 heavy (non-hydrogen) atoms. The fraction of sp³-hybridized carbons (Fsp3) is 1.00. The Kier molecular flexibility index (Phi) is 6.11. The standard InChI is InChI=1S/C9H18F3NO/c1-3-7(2)8(13)6-14-5-4-9(10,11)12/h7-8H,3-6,13H2,1-2H3. The van der Waals surface area contributed by atoms with E-state index in [2.05, 4.69) is 0 Å². The molecule has 0 aromatic rings. The van der Waals surface area contributed by atoms with Crippen molar-refractivity contribution in [2.45, 2.75) is 38.9 Å². The van der Waals surface area contributed by atoms with E-state index in [0.717, 1.165) is 6.42 Å². The first-order chi connectivity index (χ1) is 6.37. The van der Waals surface area contributed by atoms with E-state index < -0.39 is 12.6 Å². The summed E-state index contributed by atoms with van der Waals surface area (Å²) in [5, 5.41) is 0. The van der Waals surface area contributed by atoms with Crippen molar-refractivity contribution in [3.8, 4) is 0 Å². The maximum atomic E-state index is 11.7. The van der Waals surface area contributed by atoms with Crippen LogP contribution in [0.25, 0.3) is 0 Å². The molecule has 86 valence electrons. The van der Waals surface area contributed by atoms with E-state index in [1.165, 1.54) is 0 Å². The summed E-state index contributed by atoms with van der Waals surface area (Å²) in [6.07, 6.45) is -4.13. The molecule has 2 unspecified atom stereocenters. The van der Waals surface area contributed by atoms with Crippen LogP contribution in [0.5, 0.6) is 0 Å².